The smallest absolute Gasteiger partial charge is 0.441 e. The van der Waals surface area contributed by atoms with Crippen LogP contribution in [0.15, 0.2) is 0 Å². The third kappa shape index (κ3) is 6.16. The zero-order valence-electron chi connectivity index (χ0n) is 9.37. The molecule has 0 bridgehead atoms. The number of thioether (sulfide) groups is 1. The lowest BCUT2D eigenvalue weighted by atomic mass is 9.99. The largest absolute Gasteiger partial charge is 0.481 e. The first kappa shape index (κ1) is 14.6. The van der Waals surface area contributed by atoms with Gasteiger partial charge in [-0.25, -0.2) is 0 Å². The van der Waals surface area contributed by atoms with Crippen LogP contribution in [0.1, 0.15) is 25.7 Å². The maximum Gasteiger partial charge on any atom is 0.441 e. The second-order valence-electron chi connectivity index (χ2n) is 4.08. The van der Waals surface area contributed by atoms with E-state index in [1.807, 2.05) is 4.90 Å². The lowest BCUT2D eigenvalue weighted by Gasteiger charge is -2.34. The van der Waals surface area contributed by atoms with E-state index < -0.39 is 11.5 Å². The number of piperidine rings is 1. The maximum atomic E-state index is 12.0. The SMILES string of the molecule is O=C(O)CC1CCCCN1CCSC(F)(F)F. The van der Waals surface area contributed by atoms with E-state index in [1.165, 1.54) is 0 Å². The van der Waals surface area contributed by atoms with Crippen molar-refractivity contribution in [1.82, 2.24) is 4.90 Å². The number of nitrogens with zero attached hydrogens (tertiary/aromatic N) is 1. The number of hydrogen-bond acceptors (Lipinski definition) is 3. The minimum atomic E-state index is -4.20. The molecule has 0 saturated carbocycles. The molecule has 1 saturated heterocycles. The summed E-state index contributed by atoms with van der Waals surface area (Å²) in [5, 5.41) is 8.73. The Kier molecular flexibility index (Phi) is 5.58. The monoisotopic (exact) mass is 271 g/mol. The number of carbonyl (C=O) groups is 1. The second-order valence-corrected chi connectivity index (χ2v) is 5.24. The third-order valence-corrected chi connectivity index (χ3v) is 3.52. The quantitative estimate of drug-likeness (QED) is 0.834. The van der Waals surface area contributed by atoms with Crippen LogP contribution in [0.5, 0.6) is 0 Å². The summed E-state index contributed by atoms with van der Waals surface area (Å²) in [4.78, 5) is 12.5. The minimum absolute atomic E-state index is 0.0245. The predicted octanol–water partition coefficient (Wildman–Crippen LogP) is 2.57. The van der Waals surface area contributed by atoms with Crippen LogP contribution < -0.4 is 0 Å². The molecule has 1 aliphatic rings. The number of rotatable bonds is 5. The van der Waals surface area contributed by atoms with E-state index in [9.17, 15) is 18.0 Å². The first-order valence-electron chi connectivity index (χ1n) is 5.55. The first-order valence-corrected chi connectivity index (χ1v) is 6.53. The van der Waals surface area contributed by atoms with Crippen molar-refractivity contribution >= 4 is 17.7 Å². The molecule has 0 aromatic heterocycles. The van der Waals surface area contributed by atoms with E-state index >= 15 is 0 Å². The van der Waals surface area contributed by atoms with Gasteiger partial charge in [-0.15, -0.1) is 0 Å². The normalized spacial score (nSPS) is 22.6. The number of carboxylic acids is 1. The summed E-state index contributed by atoms with van der Waals surface area (Å²) in [6.45, 7) is 1.01. The third-order valence-electron chi connectivity index (χ3n) is 2.80. The van der Waals surface area contributed by atoms with Crippen molar-refractivity contribution in [3.05, 3.63) is 0 Å². The molecule has 1 aliphatic heterocycles. The molecule has 0 aromatic carbocycles. The Morgan fingerprint density at radius 1 is 1.41 bits per heavy atom. The Hall–Kier alpha value is -0.430. The Morgan fingerprint density at radius 2 is 2.12 bits per heavy atom. The predicted molar refractivity (Wildman–Crippen MR) is 60.0 cm³/mol. The van der Waals surface area contributed by atoms with E-state index in [1.54, 1.807) is 0 Å². The standard InChI is InChI=1S/C10H16F3NO2S/c11-10(12,13)17-6-5-14-4-2-1-3-8(14)7-9(15)16/h8H,1-7H2,(H,15,16). The molecule has 17 heavy (non-hydrogen) atoms. The number of aliphatic carboxylic acids is 1. The second kappa shape index (κ2) is 6.49. The van der Waals surface area contributed by atoms with Crippen molar-refractivity contribution in [2.45, 2.75) is 37.2 Å². The van der Waals surface area contributed by atoms with E-state index in [0.717, 1.165) is 19.3 Å². The highest BCUT2D eigenvalue weighted by Gasteiger charge is 2.29. The highest BCUT2D eigenvalue weighted by atomic mass is 32.2. The van der Waals surface area contributed by atoms with Crippen LogP contribution >= 0.6 is 11.8 Å². The van der Waals surface area contributed by atoms with Crippen molar-refractivity contribution < 1.29 is 23.1 Å². The van der Waals surface area contributed by atoms with Crippen molar-refractivity contribution in [2.75, 3.05) is 18.8 Å². The Labute approximate surface area is 102 Å². The summed E-state index contributed by atoms with van der Waals surface area (Å²) in [5.41, 5.74) is -4.20. The van der Waals surface area contributed by atoms with Gasteiger partial charge in [0.15, 0.2) is 0 Å². The molecule has 0 aliphatic carbocycles. The first-order chi connectivity index (χ1) is 7.88. The number of hydrogen-bond donors (Lipinski definition) is 1. The van der Waals surface area contributed by atoms with Gasteiger partial charge in [-0.1, -0.05) is 6.42 Å². The molecule has 100 valence electrons. The van der Waals surface area contributed by atoms with Gasteiger partial charge >= 0.3 is 11.5 Å². The lowest BCUT2D eigenvalue weighted by Crippen LogP contribution is -2.42. The molecular formula is C10H16F3NO2S. The van der Waals surface area contributed by atoms with Crippen LogP contribution in [-0.4, -0.2) is 46.4 Å². The van der Waals surface area contributed by atoms with Gasteiger partial charge in [-0.2, -0.15) is 13.2 Å². The van der Waals surface area contributed by atoms with Crippen LogP contribution in [0.4, 0.5) is 13.2 Å². The van der Waals surface area contributed by atoms with Gasteiger partial charge in [0.2, 0.25) is 0 Å². The van der Waals surface area contributed by atoms with Crippen molar-refractivity contribution in [1.29, 1.82) is 0 Å². The van der Waals surface area contributed by atoms with E-state index in [2.05, 4.69) is 0 Å². The summed E-state index contributed by atoms with van der Waals surface area (Å²) < 4.78 is 35.9. The highest BCUT2D eigenvalue weighted by molar-refractivity contribution is 8.00. The average Bonchev–Trinajstić information content (AvgIpc) is 2.18. The van der Waals surface area contributed by atoms with Crippen molar-refractivity contribution in [3.8, 4) is 0 Å². The molecule has 7 heteroatoms. The molecule has 1 heterocycles. The fourth-order valence-corrected chi connectivity index (χ4v) is 2.62. The molecule has 0 radical (unpaired) electrons. The number of likely N-dealkylation sites (tertiary alicyclic amines) is 1. The van der Waals surface area contributed by atoms with Crippen LogP contribution in [0.25, 0.3) is 0 Å². The van der Waals surface area contributed by atoms with Crippen LogP contribution in [0, 0.1) is 0 Å². The summed E-state index contributed by atoms with van der Waals surface area (Å²) >= 11 is -0.0410. The Bertz CT molecular complexity index is 260. The van der Waals surface area contributed by atoms with Crippen LogP contribution in [0.2, 0.25) is 0 Å². The van der Waals surface area contributed by atoms with Gasteiger partial charge in [0.05, 0.1) is 6.42 Å². The molecule has 1 fully saturated rings. The molecule has 1 unspecified atom stereocenters. The zero-order chi connectivity index (χ0) is 12.9. The summed E-state index contributed by atoms with van der Waals surface area (Å²) in [5.74, 6) is -0.912. The molecule has 0 amide bonds. The summed E-state index contributed by atoms with van der Waals surface area (Å²) in [6.07, 6.45) is 2.69. The summed E-state index contributed by atoms with van der Waals surface area (Å²) in [6, 6.07) is -0.102. The maximum absolute atomic E-state index is 12.0. The highest BCUT2D eigenvalue weighted by Crippen LogP contribution is 2.30. The van der Waals surface area contributed by atoms with E-state index in [0.29, 0.717) is 13.1 Å². The molecule has 0 aromatic rings. The van der Waals surface area contributed by atoms with Crippen molar-refractivity contribution in [3.63, 3.8) is 0 Å². The fourth-order valence-electron chi connectivity index (χ4n) is 2.07. The average molecular weight is 271 g/mol. The number of carboxylic acid groups (broad SMARTS) is 1. The molecular weight excluding hydrogens is 255 g/mol. The van der Waals surface area contributed by atoms with Gasteiger partial charge in [0.1, 0.15) is 0 Å². The molecule has 1 atom stereocenters. The molecule has 1 N–H and O–H groups in total. The Morgan fingerprint density at radius 3 is 2.71 bits per heavy atom. The van der Waals surface area contributed by atoms with Gasteiger partial charge in [0, 0.05) is 18.3 Å². The summed E-state index contributed by atoms with van der Waals surface area (Å²) in [7, 11) is 0. The van der Waals surface area contributed by atoms with Gasteiger partial charge in [-0.3, -0.25) is 9.69 Å². The van der Waals surface area contributed by atoms with Crippen molar-refractivity contribution in [2.24, 2.45) is 0 Å². The zero-order valence-corrected chi connectivity index (χ0v) is 10.2. The van der Waals surface area contributed by atoms with Gasteiger partial charge < -0.3 is 5.11 Å². The fraction of sp³-hybridized carbons (Fsp3) is 0.900. The molecule has 1 rings (SSSR count). The van der Waals surface area contributed by atoms with E-state index in [-0.39, 0.29) is 30.0 Å². The Balaban J connectivity index is 2.35. The topological polar surface area (TPSA) is 40.5 Å². The minimum Gasteiger partial charge on any atom is -0.481 e. The van der Waals surface area contributed by atoms with E-state index in [4.69, 9.17) is 5.11 Å². The van der Waals surface area contributed by atoms with Gasteiger partial charge in [0.25, 0.3) is 0 Å². The molecule has 3 nitrogen and oxygen atoms in total. The van der Waals surface area contributed by atoms with Gasteiger partial charge in [-0.05, 0) is 31.1 Å². The number of halogens is 3. The van der Waals surface area contributed by atoms with Crippen LogP contribution in [-0.2, 0) is 4.79 Å². The number of alkyl halides is 3. The van der Waals surface area contributed by atoms with Crippen LogP contribution in [0.3, 0.4) is 0 Å². The lowest BCUT2D eigenvalue weighted by molar-refractivity contribution is -0.138. The molecule has 0 spiro atoms.